The van der Waals surface area contributed by atoms with Gasteiger partial charge in [-0.3, -0.25) is 0 Å². The number of hydrogen-bond acceptors (Lipinski definition) is 2. The second-order valence-electron chi connectivity index (χ2n) is 10.8. The first-order valence-corrected chi connectivity index (χ1v) is 15.1. The summed E-state index contributed by atoms with van der Waals surface area (Å²) in [5.74, 6) is 0. The van der Waals surface area contributed by atoms with Crippen LogP contribution < -0.4 is 0 Å². The number of hydrogen-bond donors (Lipinski definition) is 0. The average molecular weight is 471 g/mol. The Morgan fingerprint density at radius 3 is 1.34 bits per heavy atom. The molecule has 0 fully saturated rings. The molecule has 190 valence electrons. The Bertz CT molecular complexity index is 514. The Morgan fingerprint density at radius 1 is 0.562 bits per heavy atom. The van der Waals surface area contributed by atoms with Crippen LogP contribution in [0, 0.1) is 0 Å². The first-order chi connectivity index (χ1) is 15.3. The molecular formula is C28H57NO2P+. The number of allylic oxidation sites excluding steroid dienone is 2. The summed E-state index contributed by atoms with van der Waals surface area (Å²) in [6.45, 7) is 4.37. The molecule has 0 saturated carbocycles. The summed E-state index contributed by atoms with van der Waals surface area (Å²) in [5, 5.41) is -0.589. The van der Waals surface area contributed by atoms with E-state index in [1.54, 1.807) is 0 Å². The molecule has 0 N–H and O–H groups in total. The van der Waals surface area contributed by atoms with Crippen LogP contribution in [0.15, 0.2) is 12.2 Å². The smallest absolute Gasteiger partial charge is 0.314 e. The van der Waals surface area contributed by atoms with E-state index in [4.69, 9.17) is 0 Å². The minimum atomic E-state index is -2.42. The monoisotopic (exact) mass is 470 g/mol. The van der Waals surface area contributed by atoms with E-state index >= 15 is 0 Å². The van der Waals surface area contributed by atoms with E-state index in [2.05, 4.69) is 26.0 Å². The van der Waals surface area contributed by atoms with Crippen LogP contribution in [-0.2, 0) is 9.13 Å². The van der Waals surface area contributed by atoms with Crippen molar-refractivity contribution in [2.45, 2.75) is 148 Å². The fourth-order valence-electron chi connectivity index (χ4n) is 4.81. The molecule has 0 aromatic rings. The van der Waals surface area contributed by atoms with E-state index in [0.717, 1.165) is 25.7 Å². The van der Waals surface area contributed by atoms with Crippen molar-refractivity contribution < 1.29 is 13.6 Å². The molecule has 0 amide bonds. The van der Waals surface area contributed by atoms with E-state index < -0.39 is 13.0 Å². The van der Waals surface area contributed by atoms with Gasteiger partial charge in [0.05, 0.1) is 21.1 Å². The molecule has 0 bridgehead atoms. The zero-order chi connectivity index (χ0) is 24.1. The predicted molar refractivity (Wildman–Crippen MR) is 142 cm³/mol. The molecule has 0 heterocycles. The minimum Gasteiger partial charge on any atom is -0.314 e. The highest BCUT2D eigenvalue weighted by Crippen LogP contribution is 2.44. The average Bonchev–Trinajstić information content (AvgIpc) is 2.73. The molecule has 32 heavy (non-hydrogen) atoms. The van der Waals surface area contributed by atoms with Crippen LogP contribution in [0.2, 0.25) is 0 Å². The zero-order valence-corrected chi connectivity index (χ0v) is 23.4. The van der Waals surface area contributed by atoms with Crippen LogP contribution in [0.5, 0.6) is 0 Å². The molecule has 1 unspecified atom stereocenters. The number of quaternary nitrogens is 1. The van der Waals surface area contributed by atoms with Gasteiger partial charge in [0.2, 0.25) is 5.28 Å². The topological polar surface area (TPSA) is 34.1 Å². The van der Waals surface area contributed by atoms with Gasteiger partial charge in [0.15, 0.2) is 0 Å². The highest BCUT2D eigenvalue weighted by atomic mass is 31.1. The third kappa shape index (κ3) is 14.7. The van der Waals surface area contributed by atoms with E-state index in [1.807, 2.05) is 21.1 Å². The summed E-state index contributed by atoms with van der Waals surface area (Å²) in [6, 6.07) is 0. The maximum atomic E-state index is 12.1. The summed E-state index contributed by atoms with van der Waals surface area (Å²) in [7, 11) is 3.68. The van der Waals surface area contributed by atoms with Crippen molar-refractivity contribution in [1.82, 2.24) is 0 Å². The van der Waals surface area contributed by atoms with Crippen molar-refractivity contribution >= 4 is 7.68 Å². The van der Waals surface area contributed by atoms with Crippen molar-refractivity contribution in [2.75, 3.05) is 21.1 Å². The second-order valence-corrected chi connectivity index (χ2v) is 12.1. The molecule has 0 aromatic heterocycles. The molecule has 0 aliphatic rings. The fraction of sp³-hybridized carbons (Fsp3) is 0.929. The lowest BCUT2D eigenvalue weighted by molar-refractivity contribution is -0.908. The number of nitrogens with zero attached hydrogens (tertiary/aromatic N) is 1. The molecular weight excluding hydrogens is 413 g/mol. The van der Waals surface area contributed by atoms with Gasteiger partial charge in [-0.2, -0.15) is 0 Å². The summed E-state index contributed by atoms with van der Waals surface area (Å²) < 4.78 is 24.7. The highest BCUT2D eigenvalue weighted by Gasteiger charge is 2.47. The largest absolute Gasteiger partial charge is 0.378 e. The Kier molecular flexibility index (Phi) is 19.8. The van der Waals surface area contributed by atoms with Gasteiger partial charge in [-0.15, -0.1) is 0 Å². The lowest BCUT2D eigenvalue weighted by atomic mass is 9.99. The maximum absolute atomic E-state index is 12.1. The summed E-state index contributed by atoms with van der Waals surface area (Å²) in [6.07, 6.45) is 29.6. The van der Waals surface area contributed by atoms with Crippen molar-refractivity contribution in [3.63, 3.8) is 0 Å². The van der Waals surface area contributed by atoms with Crippen LogP contribution in [0.25, 0.3) is 0 Å². The fourth-order valence-corrected chi connectivity index (χ4v) is 6.05. The van der Waals surface area contributed by atoms with E-state index in [-0.39, 0.29) is 0 Å². The van der Waals surface area contributed by atoms with Gasteiger partial charge in [-0.05, 0) is 38.5 Å². The van der Waals surface area contributed by atoms with Crippen molar-refractivity contribution in [3.05, 3.63) is 12.2 Å². The first-order valence-electron chi connectivity index (χ1n) is 13.9. The van der Waals surface area contributed by atoms with E-state index in [1.165, 1.54) is 103 Å². The van der Waals surface area contributed by atoms with Gasteiger partial charge in [0.1, 0.15) is 0 Å². The van der Waals surface area contributed by atoms with Crippen molar-refractivity contribution in [1.29, 1.82) is 0 Å². The van der Waals surface area contributed by atoms with Crippen LogP contribution in [0.4, 0.5) is 0 Å². The van der Waals surface area contributed by atoms with Gasteiger partial charge in [0, 0.05) is 12.8 Å². The zero-order valence-electron chi connectivity index (χ0n) is 22.5. The molecule has 3 nitrogen and oxygen atoms in total. The van der Waals surface area contributed by atoms with Gasteiger partial charge in [-0.1, -0.05) is 103 Å². The molecule has 0 spiro atoms. The second kappa shape index (κ2) is 20.0. The highest BCUT2D eigenvalue weighted by molar-refractivity contribution is 7.32. The number of rotatable bonds is 23. The first kappa shape index (κ1) is 31.6. The summed E-state index contributed by atoms with van der Waals surface area (Å²) >= 11 is 0. The quantitative estimate of drug-likeness (QED) is 0.0644. The SMILES string of the molecule is CCCCCCCC=CCCCCCCCCCCCCC(CCC)(P(=O)=O)[N+](C)(C)C. The normalized spacial score (nSPS) is 14.2. The molecule has 1 atom stereocenters. The van der Waals surface area contributed by atoms with E-state index in [9.17, 15) is 9.13 Å². The van der Waals surface area contributed by atoms with E-state index in [0.29, 0.717) is 4.48 Å². The number of unbranched alkanes of at least 4 members (excludes halogenated alkanes) is 15. The van der Waals surface area contributed by atoms with Crippen molar-refractivity contribution in [2.24, 2.45) is 0 Å². The summed E-state index contributed by atoms with van der Waals surface area (Å²) in [5.41, 5.74) is 0. The third-order valence-corrected chi connectivity index (χ3v) is 8.80. The third-order valence-electron chi connectivity index (χ3n) is 7.08. The maximum Gasteiger partial charge on any atom is 0.378 e. The lowest BCUT2D eigenvalue weighted by Gasteiger charge is -2.41. The minimum absolute atomic E-state index is 0.522. The Morgan fingerprint density at radius 2 is 0.969 bits per heavy atom. The predicted octanol–water partition coefficient (Wildman–Crippen LogP) is 9.96. The van der Waals surface area contributed by atoms with Crippen LogP contribution in [0.1, 0.15) is 142 Å². The Balaban J connectivity index is 3.63. The molecule has 0 saturated heterocycles. The van der Waals surface area contributed by atoms with Gasteiger partial charge in [-0.25, -0.2) is 9.13 Å². The lowest BCUT2D eigenvalue weighted by Crippen LogP contribution is -2.53. The molecule has 0 aliphatic carbocycles. The standard InChI is InChI=1S/C28H57NO2P/c1-6-8-9-10-11-12-13-14-15-16-17-18-19-20-21-22-23-24-25-27-28(26-7-2,32(30)31)29(3,4)5/h13-14H,6-12,15-27H2,1-5H3/q+1. The molecule has 0 radical (unpaired) electrons. The van der Waals surface area contributed by atoms with Crippen LogP contribution >= 0.6 is 7.68 Å². The van der Waals surface area contributed by atoms with Gasteiger partial charge >= 0.3 is 7.68 Å². The van der Waals surface area contributed by atoms with Gasteiger partial charge < -0.3 is 4.48 Å². The Hall–Kier alpha value is -0.400. The molecule has 0 aromatic carbocycles. The van der Waals surface area contributed by atoms with Crippen molar-refractivity contribution in [3.8, 4) is 0 Å². The molecule has 0 aliphatic heterocycles. The van der Waals surface area contributed by atoms with Crippen LogP contribution in [-0.4, -0.2) is 30.9 Å². The summed E-state index contributed by atoms with van der Waals surface area (Å²) in [4.78, 5) is 0. The molecule has 4 heteroatoms. The Labute approximate surface area is 202 Å². The van der Waals surface area contributed by atoms with Crippen LogP contribution in [0.3, 0.4) is 0 Å². The molecule has 0 rings (SSSR count). The van der Waals surface area contributed by atoms with Gasteiger partial charge in [0.25, 0.3) is 0 Å².